The number of amides is 1. The first-order chi connectivity index (χ1) is 11.8. The van der Waals surface area contributed by atoms with E-state index >= 15 is 0 Å². The van der Waals surface area contributed by atoms with Crippen LogP contribution in [-0.4, -0.2) is 42.6 Å². The van der Waals surface area contributed by atoms with Crippen LogP contribution in [0.25, 0.3) is 0 Å². The van der Waals surface area contributed by atoms with E-state index in [2.05, 4.69) is 28.5 Å². The van der Waals surface area contributed by atoms with Crippen molar-refractivity contribution in [1.29, 1.82) is 0 Å². The maximum Gasteiger partial charge on any atom is 0.255 e. The second-order valence-corrected chi connectivity index (χ2v) is 5.98. The molecule has 1 aliphatic heterocycles. The number of fused-ring (bicyclic) bond motifs is 1. The van der Waals surface area contributed by atoms with Crippen LogP contribution in [0.5, 0.6) is 0 Å². The van der Waals surface area contributed by atoms with Gasteiger partial charge in [0.15, 0.2) is 0 Å². The molecule has 0 aliphatic carbocycles. The zero-order chi connectivity index (χ0) is 16.8. The van der Waals surface area contributed by atoms with Crippen molar-refractivity contribution >= 4 is 11.6 Å². The fourth-order valence-electron chi connectivity index (χ4n) is 2.95. The zero-order valence-corrected chi connectivity index (χ0v) is 14.0. The van der Waals surface area contributed by atoms with Crippen molar-refractivity contribution in [3.8, 4) is 0 Å². The van der Waals surface area contributed by atoms with E-state index in [0.717, 1.165) is 31.6 Å². The Labute approximate surface area is 142 Å². The van der Waals surface area contributed by atoms with Gasteiger partial charge in [-0.2, -0.15) is 0 Å². The summed E-state index contributed by atoms with van der Waals surface area (Å²) in [5.74, 6) is 0.0394. The van der Waals surface area contributed by atoms with Gasteiger partial charge in [0.1, 0.15) is 0 Å². The summed E-state index contributed by atoms with van der Waals surface area (Å²) in [5, 5.41) is 3.28. The molecule has 0 bridgehead atoms. The van der Waals surface area contributed by atoms with Gasteiger partial charge in [0, 0.05) is 45.7 Å². The molecule has 0 saturated carbocycles. The summed E-state index contributed by atoms with van der Waals surface area (Å²) in [6.45, 7) is 2.93. The van der Waals surface area contributed by atoms with Gasteiger partial charge in [-0.05, 0) is 30.0 Å². The molecule has 2 aromatic rings. The second kappa shape index (κ2) is 7.93. The fourth-order valence-corrected chi connectivity index (χ4v) is 2.95. The van der Waals surface area contributed by atoms with Crippen LogP contribution in [-0.2, 0) is 17.7 Å². The van der Waals surface area contributed by atoms with Crippen LogP contribution >= 0.6 is 0 Å². The van der Waals surface area contributed by atoms with Crippen LogP contribution < -0.4 is 5.32 Å². The third-order valence-electron chi connectivity index (χ3n) is 4.26. The quantitative estimate of drug-likeness (QED) is 0.830. The van der Waals surface area contributed by atoms with Gasteiger partial charge in [0.05, 0.1) is 11.3 Å². The number of hydrogen-bond acceptors (Lipinski definition) is 4. The zero-order valence-electron chi connectivity index (χ0n) is 14.0. The number of hydrogen-bond donors (Lipinski definition) is 1. The molecule has 0 saturated heterocycles. The lowest BCUT2D eigenvalue weighted by atomic mass is 9.99. The lowest BCUT2D eigenvalue weighted by molar-refractivity contribution is 0.0734. The van der Waals surface area contributed by atoms with Crippen LogP contribution in [0.3, 0.4) is 0 Å². The van der Waals surface area contributed by atoms with E-state index in [1.807, 2.05) is 17.0 Å². The number of anilines is 1. The van der Waals surface area contributed by atoms with Gasteiger partial charge in [-0.3, -0.25) is 9.78 Å². The molecule has 24 heavy (non-hydrogen) atoms. The first-order valence-corrected chi connectivity index (χ1v) is 8.32. The highest BCUT2D eigenvalue weighted by molar-refractivity contribution is 5.94. The molecule has 1 aromatic carbocycles. The molecule has 5 nitrogen and oxygen atoms in total. The Bertz CT molecular complexity index is 703. The Kier molecular flexibility index (Phi) is 5.43. The highest BCUT2D eigenvalue weighted by Crippen LogP contribution is 2.20. The molecular formula is C19H23N3O2. The molecule has 0 fully saturated rings. The number of ether oxygens (including phenoxy) is 1. The Hall–Kier alpha value is -2.40. The third-order valence-corrected chi connectivity index (χ3v) is 4.26. The fraction of sp³-hybridized carbons (Fsp3) is 0.368. The number of pyridine rings is 1. The standard InChI is InChI=1S/C19H23N3O2/c1-24-10-4-8-21-18-11-17(12-20-13-18)19(23)22-9-7-15-5-2-3-6-16(15)14-22/h2-3,5-6,11-13,21H,4,7-10,14H2,1H3. The molecule has 1 N–H and O–H groups in total. The number of carbonyl (C=O) groups excluding carboxylic acids is 1. The van der Waals surface area contributed by atoms with Gasteiger partial charge >= 0.3 is 0 Å². The minimum atomic E-state index is 0.0394. The molecule has 2 heterocycles. The summed E-state index contributed by atoms with van der Waals surface area (Å²) >= 11 is 0. The third kappa shape index (κ3) is 3.92. The Morgan fingerprint density at radius 2 is 2.12 bits per heavy atom. The molecule has 1 aliphatic rings. The molecule has 3 rings (SSSR count). The first kappa shape index (κ1) is 16.5. The summed E-state index contributed by atoms with van der Waals surface area (Å²) < 4.78 is 5.03. The monoisotopic (exact) mass is 325 g/mol. The summed E-state index contributed by atoms with van der Waals surface area (Å²) in [4.78, 5) is 18.9. The number of rotatable bonds is 6. The minimum Gasteiger partial charge on any atom is -0.385 e. The Morgan fingerprint density at radius 3 is 2.96 bits per heavy atom. The number of nitrogens with one attached hydrogen (secondary N) is 1. The number of nitrogens with zero attached hydrogens (tertiary/aromatic N) is 2. The lowest BCUT2D eigenvalue weighted by Gasteiger charge is -2.29. The van der Waals surface area contributed by atoms with Crippen molar-refractivity contribution in [2.75, 3.05) is 32.1 Å². The molecule has 1 aromatic heterocycles. The van der Waals surface area contributed by atoms with Crippen molar-refractivity contribution < 1.29 is 9.53 Å². The molecule has 0 atom stereocenters. The van der Waals surface area contributed by atoms with Crippen LogP contribution in [0.2, 0.25) is 0 Å². The van der Waals surface area contributed by atoms with Crippen LogP contribution in [0.1, 0.15) is 27.9 Å². The Morgan fingerprint density at radius 1 is 1.29 bits per heavy atom. The number of benzene rings is 1. The molecule has 0 unspecified atom stereocenters. The highest BCUT2D eigenvalue weighted by atomic mass is 16.5. The van der Waals surface area contributed by atoms with E-state index in [1.165, 1.54) is 11.1 Å². The van der Waals surface area contributed by atoms with Crippen LogP contribution in [0, 0.1) is 0 Å². The van der Waals surface area contributed by atoms with Crippen molar-refractivity contribution in [1.82, 2.24) is 9.88 Å². The van der Waals surface area contributed by atoms with Gasteiger partial charge in [-0.15, -0.1) is 0 Å². The van der Waals surface area contributed by atoms with Gasteiger partial charge in [-0.25, -0.2) is 0 Å². The van der Waals surface area contributed by atoms with Crippen LogP contribution in [0.4, 0.5) is 5.69 Å². The first-order valence-electron chi connectivity index (χ1n) is 8.32. The molecule has 1 amide bonds. The summed E-state index contributed by atoms with van der Waals surface area (Å²) in [7, 11) is 1.69. The molecule has 126 valence electrons. The van der Waals surface area contributed by atoms with Crippen molar-refractivity contribution in [2.45, 2.75) is 19.4 Å². The molecule has 0 spiro atoms. The second-order valence-electron chi connectivity index (χ2n) is 5.98. The summed E-state index contributed by atoms with van der Waals surface area (Å²) in [6, 6.07) is 10.2. The largest absolute Gasteiger partial charge is 0.385 e. The van der Waals surface area contributed by atoms with Crippen molar-refractivity contribution in [3.63, 3.8) is 0 Å². The summed E-state index contributed by atoms with van der Waals surface area (Å²) in [5.41, 5.74) is 4.08. The van der Waals surface area contributed by atoms with E-state index < -0.39 is 0 Å². The van der Waals surface area contributed by atoms with Gasteiger partial charge < -0.3 is 15.0 Å². The predicted octanol–water partition coefficient (Wildman–Crippen LogP) is 2.73. The smallest absolute Gasteiger partial charge is 0.255 e. The summed E-state index contributed by atoms with van der Waals surface area (Å²) in [6.07, 6.45) is 5.21. The normalized spacial score (nSPS) is 13.5. The average molecular weight is 325 g/mol. The highest BCUT2D eigenvalue weighted by Gasteiger charge is 2.21. The number of carbonyl (C=O) groups is 1. The van der Waals surface area contributed by atoms with E-state index in [4.69, 9.17) is 4.74 Å². The maximum atomic E-state index is 12.8. The van der Waals surface area contributed by atoms with Crippen LogP contribution in [0.15, 0.2) is 42.7 Å². The maximum absolute atomic E-state index is 12.8. The SMILES string of the molecule is COCCCNc1cncc(C(=O)N2CCc3ccccc3C2)c1. The van der Waals surface area contributed by atoms with Crippen molar-refractivity contribution in [2.24, 2.45) is 0 Å². The Balaban J connectivity index is 1.65. The van der Waals surface area contributed by atoms with Gasteiger partial charge in [-0.1, -0.05) is 24.3 Å². The van der Waals surface area contributed by atoms with Gasteiger partial charge in [0.2, 0.25) is 0 Å². The average Bonchev–Trinajstić information content (AvgIpc) is 2.64. The number of methoxy groups -OCH3 is 1. The predicted molar refractivity (Wildman–Crippen MR) is 94.1 cm³/mol. The number of aromatic nitrogens is 1. The molecular weight excluding hydrogens is 302 g/mol. The van der Waals surface area contributed by atoms with Crippen molar-refractivity contribution in [3.05, 3.63) is 59.4 Å². The van der Waals surface area contributed by atoms with E-state index in [-0.39, 0.29) is 5.91 Å². The molecule has 5 heteroatoms. The van der Waals surface area contributed by atoms with E-state index in [1.54, 1.807) is 19.5 Å². The topological polar surface area (TPSA) is 54.5 Å². The molecule has 0 radical (unpaired) electrons. The van der Waals surface area contributed by atoms with E-state index in [0.29, 0.717) is 18.7 Å². The lowest BCUT2D eigenvalue weighted by Crippen LogP contribution is -2.36. The minimum absolute atomic E-state index is 0.0394. The van der Waals surface area contributed by atoms with Gasteiger partial charge in [0.25, 0.3) is 5.91 Å². The van der Waals surface area contributed by atoms with E-state index in [9.17, 15) is 4.79 Å².